The molecule has 0 aliphatic heterocycles. The fourth-order valence-electron chi connectivity index (χ4n) is 2.20. The van der Waals surface area contributed by atoms with Crippen molar-refractivity contribution in [1.82, 2.24) is 0 Å². The SMILES string of the molecule is O=[N+]([O-])c1ccc(Sc2ccc(N=Cc3cc(Br)cc(I)c3O)cc2)cc1. The van der Waals surface area contributed by atoms with Crippen molar-refractivity contribution in [3.63, 3.8) is 0 Å². The number of nitro groups is 1. The molecule has 0 saturated carbocycles. The first kappa shape index (κ1) is 19.8. The van der Waals surface area contributed by atoms with Crippen LogP contribution in [0.5, 0.6) is 5.75 Å². The second-order valence-electron chi connectivity index (χ2n) is 5.43. The minimum atomic E-state index is -0.411. The zero-order valence-corrected chi connectivity index (χ0v) is 18.2. The fraction of sp³-hybridized carbons (Fsp3) is 0. The second-order valence-corrected chi connectivity index (χ2v) is 8.66. The van der Waals surface area contributed by atoms with Gasteiger partial charge in [-0.2, -0.15) is 0 Å². The first-order valence-electron chi connectivity index (χ1n) is 7.67. The van der Waals surface area contributed by atoms with Gasteiger partial charge in [0.1, 0.15) is 5.75 Å². The third-order valence-corrected chi connectivity index (χ3v) is 5.83. The summed E-state index contributed by atoms with van der Waals surface area (Å²) in [7, 11) is 0. The average Bonchev–Trinajstić information content (AvgIpc) is 2.65. The van der Waals surface area contributed by atoms with E-state index in [1.54, 1.807) is 24.4 Å². The summed E-state index contributed by atoms with van der Waals surface area (Å²) >= 11 is 6.99. The van der Waals surface area contributed by atoms with Crippen LogP contribution in [0.3, 0.4) is 0 Å². The second kappa shape index (κ2) is 8.85. The summed E-state index contributed by atoms with van der Waals surface area (Å²) in [5, 5.41) is 20.8. The molecule has 0 unspecified atom stereocenters. The van der Waals surface area contributed by atoms with E-state index in [0.717, 1.165) is 23.5 Å². The van der Waals surface area contributed by atoms with Crippen molar-refractivity contribution in [2.45, 2.75) is 9.79 Å². The van der Waals surface area contributed by atoms with Gasteiger partial charge in [-0.05, 0) is 71.1 Å². The molecular formula is C19H12BrIN2O3S. The molecule has 0 spiro atoms. The average molecular weight is 555 g/mol. The number of nitrogens with zero attached hydrogens (tertiary/aromatic N) is 2. The van der Waals surface area contributed by atoms with Gasteiger partial charge in [-0.3, -0.25) is 15.1 Å². The van der Waals surface area contributed by atoms with E-state index in [1.807, 2.05) is 30.3 Å². The van der Waals surface area contributed by atoms with Crippen LogP contribution in [0.15, 0.2) is 79.9 Å². The van der Waals surface area contributed by atoms with Crippen LogP contribution in [0, 0.1) is 13.7 Å². The third-order valence-electron chi connectivity index (χ3n) is 3.53. The van der Waals surface area contributed by atoms with Crippen LogP contribution in [0.2, 0.25) is 0 Å². The lowest BCUT2D eigenvalue weighted by molar-refractivity contribution is -0.384. The monoisotopic (exact) mass is 554 g/mol. The Morgan fingerprint density at radius 3 is 2.26 bits per heavy atom. The van der Waals surface area contributed by atoms with Gasteiger partial charge in [-0.15, -0.1) is 0 Å². The number of aliphatic imine (C=N–C) groups is 1. The molecule has 3 aromatic rings. The van der Waals surface area contributed by atoms with E-state index in [2.05, 4.69) is 43.5 Å². The van der Waals surface area contributed by atoms with Crippen LogP contribution in [0.4, 0.5) is 11.4 Å². The maximum Gasteiger partial charge on any atom is 0.269 e. The lowest BCUT2D eigenvalue weighted by atomic mass is 10.2. The Kier molecular flexibility index (Phi) is 6.51. The molecule has 0 saturated heterocycles. The van der Waals surface area contributed by atoms with E-state index in [4.69, 9.17) is 0 Å². The predicted octanol–water partition coefficient (Wildman–Crippen LogP) is 6.57. The molecule has 0 radical (unpaired) electrons. The molecule has 3 rings (SSSR count). The van der Waals surface area contributed by atoms with Crippen molar-refractivity contribution in [2.75, 3.05) is 0 Å². The van der Waals surface area contributed by atoms with Gasteiger partial charge in [0.25, 0.3) is 5.69 Å². The topological polar surface area (TPSA) is 75.7 Å². The van der Waals surface area contributed by atoms with Crippen molar-refractivity contribution >= 4 is 67.9 Å². The highest BCUT2D eigenvalue weighted by Gasteiger charge is 2.06. The van der Waals surface area contributed by atoms with E-state index >= 15 is 0 Å². The highest BCUT2D eigenvalue weighted by atomic mass is 127. The molecule has 0 atom stereocenters. The predicted molar refractivity (Wildman–Crippen MR) is 119 cm³/mol. The lowest BCUT2D eigenvalue weighted by Crippen LogP contribution is -1.86. The van der Waals surface area contributed by atoms with Crippen LogP contribution >= 0.6 is 50.3 Å². The van der Waals surface area contributed by atoms with Gasteiger partial charge in [-0.25, -0.2) is 0 Å². The fourth-order valence-corrected chi connectivity index (χ4v) is 4.57. The van der Waals surface area contributed by atoms with Gasteiger partial charge in [0.15, 0.2) is 0 Å². The van der Waals surface area contributed by atoms with E-state index in [9.17, 15) is 15.2 Å². The number of benzene rings is 3. The Morgan fingerprint density at radius 2 is 1.67 bits per heavy atom. The maximum atomic E-state index is 10.7. The molecule has 0 aliphatic rings. The molecule has 8 heteroatoms. The minimum Gasteiger partial charge on any atom is -0.506 e. The van der Waals surface area contributed by atoms with Crippen LogP contribution < -0.4 is 0 Å². The number of hydrogen-bond acceptors (Lipinski definition) is 5. The molecule has 136 valence electrons. The Morgan fingerprint density at radius 1 is 1.07 bits per heavy atom. The quantitative estimate of drug-likeness (QED) is 0.167. The number of rotatable bonds is 5. The summed E-state index contributed by atoms with van der Waals surface area (Å²) in [6, 6.07) is 17.7. The standard InChI is InChI=1S/C19H12BrIN2O3S/c20-13-9-12(19(24)18(21)10-13)11-22-14-1-5-16(6-2-14)27-17-7-3-15(4-8-17)23(25)26/h1-11,24H. The maximum absolute atomic E-state index is 10.7. The molecule has 0 aromatic heterocycles. The Hall–Kier alpha value is -1.91. The van der Waals surface area contributed by atoms with Crippen LogP contribution in [-0.4, -0.2) is 16.2 Å². The van der Waals surface area contributed by atoms with Crippen LogP contribution in [-0.2, 0) is 0 Å². The van der Waals surface area contributed by atoms with Crippen LogP contribution in [0.25, 0.3) is 0 Å². The van der Waals surface area contributed by atoms with Gasteiger partial charge in [0.2, 0.25) is 0 Å². The molecule has 0 heterocycles. The summed E-state index contributed by atoms with van der Waals surface area (Å²) in [6.07, 6.45) is 1.63. The first-order chi connectivity index (χ1) is 12.9. The number of nitro benzene ring substituents is 1. The third kappa shape index (κ3) is 5.30. The number of aromatic hydroxyl groups is 1. The summed E-state index contributed by atoms with van der Waals surface area (Å²) in [5.41, 5.74) is 1.48. The molecule has 0 aliphatic carbocycles. The van der Waals surface area contributed by atoms with E-state index < -0.39 is 4.92 Å². The Bertz CT molecular complexity index is 1010. The van der Waals surface area contributed by atoms with Crippen molar-refractivity contribution < 1.29 is 10.0 Å². The molecule has 1 N–H and O–H groups in total. The Balaban J connectivity index is 1.71. The van der Waals surface area contributed by atoms with Crippen molar-refractivity contribution in [3.05, 3.63) is 84.4 Å². The van der Waals surface area contributed by atoms with E-state index in [-0.39, 0.29) is 11.4 Å². The van der Waals surface area contributed by atoms with Crippen LogP contribution in [0.1, 0.15) is 5.56 Å². The molecule has 27 heavy (non-hydrogen) atoms. The number of phenols is 1. The number of phenolic OH excluding ortho intramolecular Hbond substituents is 1. The molecule has 3 aromatic carbocycles. The number of hydrogen-bond donors (Lipinski definition) is 1. The summed E-state index contributed by atoms with van der Waals surface area (Å²) in [4.78, 5) is 16.6. The summed E-state index contributed by atoms with van der Waals surface area (Å²) in [6.45, 7) is 0. The zero-order valence-electron chi connectivity index (χ0n) is 13.7. The van der Waals surface area contributed by atoms with Gasteiger partial charge in [0.05, 0.1) is 14.2 Å². The van der Waals surface area contributed by atoms with Crippen molar-refractivity contribution in [2.24, 2.45) is 4.99 Å². The van der Waals surface area contributed by atoms with Gasteiger partial charge in [0, 0.05) is 38.2 Å². The summed E-state index contributed by atoms with van der Waals surface area (Å²) in [5.74, 6) is 0.202. The normalized spacial score (nSPS) is 11.0. The minimum absolute atomic E-state index is 0.0782. The van der Waals surface area contributed by atoms with Gasteiger partial charge >= 0.3 is 0 Å². The largest absolute Gasteiger partial charge is 0.506 e. The zero-order chi connectivity index (χ0) is 19.4. The molecule has 0 fully saturated rings. The van der Waals surface area contributed by atoms with E-state index in [0.29, 0.717) is 5.56 Å². The smallest absolute Gasteiger partial charge is 0.269 e. The van der Waals surface area contributed by atoms with Crippen molar-refractivity contribution in [1.29, 1.82) is 0 Å². The van der Waals surface area contributed by atoms with E-state index in [1.165, 1.54) is 23.9 Å². The number of halogens is 2. The Labute approximate surface area is 182 Å². The van der Waals surface area contributed by atoms with Crippen molar-refractivity contribution in [3.8, 4) is 5.75 Å². The highest BCUT2D eigenvalue weighted by Crippen LogP contribution is 2.31. The first-order valence-corrected chi connectivity index (χ1v) is 10.4. The van der Waals surface area contributed by atoms with Gasteiger partial charge < -0.3 is 5.11 Å². The molecular weight excluding hydrogens is 543 g/mol. The molecule has 0 bridgehead atoms. The highest BCUT2D eigenvalue weighted by molar-refractivity contribution is 14.1. The molecule has 5 nitrogen and oxygen atoms in total. The lowest BCUT2D eigenvalue weighted by Gasteiger charge is -2.04. The molecule has 0 amide bonds. The number of non-ortho nitro benzene ring substituents is 1. The van der Waals surface area contributed by atoms with Gasteiger partial charge in [-0.1, -0.05) is 27.7 Å². The summed E-state index contributed by atoms with van der Waals surface area (Å²) < 4.78 is 1.62.